The van der Waals surface area contributed by atoms with E-state index in [4.69, 9.17) is 5.26 Å². The van der Waals surface area contributed by atoms with Crippen LogP contribution in [0.15, 0.2) is 0 Å². The van der Waals surface area contributed by atoms with Crippen LogP contribution in [0.25, 0.3) is 0 Å². The Labute approximate surface area is 128 Å². The van der Waals surface area contributed by atoms with Gasteiger partial charge in [0.05, 0.1) is 17.4 Å². The Kier molecular flexibility index (Phi) is 5.81. The predicted molar refractivity (Wildman–Crippen MR) is 83.7 cm³/mol. The van der Waals surface area contributed by atoms with Crippen molar-refractivity contribution < 1.29 is 9.90 Å². The van der Waals surface area contributed by atoms with Crippen molar-refractivity contribution in [2.45, 2.75) is 66.3 Å². The fraction of sp³-hybridized carbons (Fsp3) is 0.882. The first-order valence-electron chi connectivity index (χ1n) is 7.99. The Morgan fingerprint density at radius 1 is 1.43 bits per heavy atom. The normalized spacial score (nSPS) is 28.9. The average molecular weight is 294 g/mol. The van der Waals surface area contributed by atoms with Crippen LogP contribution >= 0.6 is 0 Å². The standard InChI is InChI=1S/C17H30N2O2/c1-12-14(19-10-6-9-16(2,3)11-18)8-7-13(15(20)21)17(12,4)5/h12-14,19H,6-10H2,1-5H3,(H,20,21). The van der Waals surface area contributed by atoms with Gasteiger partial charge in [0, 0.05) is 6.04 Å². The maximum Gasteiger partial charge on any atom is 0.307 e. The topological polar surface area (TPSA) is 73.1 Å². The number of carbonyl (C=O) groups is 1. The number of rotatable bonds is 6. The van der Waals surface area contributed by atoms with E-state index in [9.17, 15) is 9.90 Å². The minimum atomic E-state index is -0.666. The van der Waals surface area contributed by atoms with Gasteiger partial charge < -0.3 is 10.4 Å². The molecule has 2 N–H and O–H groups in total. The number of nitrogens with zero attached hydrogens (tertiary/aromatic N) is 1. The molecule has 4 nitrogen and oxygen atoms in total. The van der Waals surface area contributed by atoms with Gasteiger partial charge in [-0.05, 0) is 57.4 Å². The molecule has 0 aromatic rings. The highest BCUT2D eigenvalue weighted by molar-refractivity contribution is 5.71. The number of carboxylic acid groups (broad SMARTS) is 1. The van der Waals surface area contributed by atoms with Crippen molar-refractivity contribution in [3.05, 3.63) is 0 Å². The summed E-state index contributed by atoms with van der Waals surface area (Å²) >= 11 is 0. The first-order chi connectivity index (χ1) is 9.62. The van der Waals surface area contributed by atoms with Crippen molar-refractivity contribution >= 4 is 5.97 Å². The summed E-state index contributed by atoms with van der Waals surface area (Å²) < 4.78 is 0. The van der Waals surface area contributed by atoms with Crippen LogP contribution in [-0.4, -0.2) is 23.7 Å². The molecule has 4 heteroatoms. The van der Waals surface area contributed by atoms with Crippen LogP contribution in [0, 0.1) is 34.0 Å². The van der Waals surface area contributed by atoms with E-state index in [1.807, 2.05) is 13.8 Å². The van der Waals surface area contributed by atoms with Gasteiger partial charge in [-0.2, -0.15) is 5.26 Å². The average Bonchev–Trinajstić information content (AvgIpc) is 2.38. The van der Waals surface area contributed by atoms with Gasteiger partial charge >= 0.3 is 5.97 Å². The maximum absolute atomic E-state index is 11.4. The van der Waals surface area contributed by atoms with E-state index in [0.717, 1.165) is 32.2 Å². The van der Waals surface area contributed by atoms with Crippen LogP contribution < -0.4 is 5.32 Å². The maximum atomic E-state index is 11.4. The molecule has 21 heavy (non-hydrogen) atoms. The van der Waals surface area contributed by atoms with Crippen LogP contribution in [0.2, 0.25) is 0 Å². The summed E-state index contributed by atoms with van der Waals surface area (Å²) in [6.07, 6.45) is 3.53. The summed E-state index contributed by atoms with van der Waals surface area (Å²) in [5.74, 6) is -0.583. The summed E-state index contributed by atoms with van der Waals surface area (Å²) in [5, 5.41) is 21.9. The van der Waals surface area contributed by atoms with Gasteiger partial charge in [0.1, 0.15) is 0 Å². The SMILES string of the molecule is CC1C(NCCCC(C)(C)C#N)CCC(C(=O)O)C1(C)C. The third-order valence-corrected chi connectivity index (χ3v) is 5.43. The van der Waals surface area contributed by atoms with Gasteiger partial charge in [-0.25, -0.2) is 0 Å². The smallest absolute Gasteiger partial charge is 0.307 e. The summed E-state index contributed by atoms with van der Waals surface area (Å²) in [6, 6.07) is 2.70. The molecule has 0 radical (unpaired) electrons. The third kappa shape index (κ3) is 4.44. The summed E-state index contributed by atoms with van der Waals surface area (Å²) in [6.45, 7) is 11.1. The monoisotopic (exact) mass is 294 g/mol. The Balaban J connectivity index is 2.48. The molecule has 0 amide bonds. The van der Waals surface area contributed by atoms with Gasteiger partial charge in [0.25, 0.3) is 0 Å². The van der Waals surface area contributed by atoms with E-state index >= 15 is 0 Å². The quantitative estimate of drug-likeness (QED) is 0.736. The summed E-state index contributed by atoms with van der Waals surface area (Å²) in [5.41, 5.74) is -0.443. The Morgan fingerprint density at radius 2 is 2.05 bits per heavy atom. The Bertz CT molecular complexity index is 410. The zero-order valence-corrected chi connectivity index (χ0v) is 14.1. The number of nitriles is 1. The fourth-order valence-corrected chi connectivity index (χ4v) is 3.40. The highest BCUT2D eigenvalue weighted by Crippen LogP contribution is 2.45. The van der Waals surface area contributed by atoms with Gasteiger partial charge in [-0.3, -0.25) is 4.79 Å². The van der Waals surface area contributed by atoms with E-state index < -0.39 is 5.97 Å². The second-order valence-electron chi connectivity index (χ2n) is 7.74. The van der Waals surface area contributed by atoms with Gasteiger partial charge in [0.15, 0.2) is 0 Å². The van der Waals surface area contributed by atoms with Crippen LogP contribution in [0.3, 0.4) is 0 Å². The van der Waals surface area contributed by atoms with E-state index in [0.29, 0.717) is 12.0 Å². The lowest BCUT2D eigenvalue weighted by Crippen LogP contribution is -2.51. The molecule has 0 aliphatic heterocycles. The number of nitrogens with one attached hydrogen (secondary N) is 1. The van der Waals surface area contributed by atoms with Crippen molar-refractivity contribution in [2.24, 2.45) is 22.7 Å². The molecular weight excluding hydrogens is 264 g/mol. The molecule has 0 aromatic heterocycles. The molecule has 1 aliphatic rings. The van der Waals surface area contributed by atoms with Crippen molar-refractivity contribution in [2.75, 3.05) is 6.54 Å². The summed E-state index contributed by atoms with van der Waals surface area (Å²) in [7, 11) is 0. The number of hydrogen-bond acceptors (Lipinski definition) is 3. The van der Waals surface area contributed by atoms with Crippen molar-refractivity contribution in [1.82, 2.24) is 5.32 Å². The van der Waals surface area contributed by atoms with Gasteiger partial charge in [-0.1, -0.05) is 20.8 Å². The number of aliphatic carboxylic acids is 1. The van der Waals surface area contributed by atoms with Crippen molar-refractivity contribution in [3.63, 3.8) is 0 Å². The zero-order valence-electron chi connectivity index (χ0n) is 14.1. The molecule has 1 saturated carbocycles. The van der Waals surface area contributed by atoms with Gasteiger partial charge in [-0.15, -0.1) is 0 Å². The summed E-state index contributed by atoms with van der Waals surface area (Å²) in [4.78, 5) is 11.4. The molecule has 0 spiro atoms. The minimum Gasteiger partial charge on any atom is -0.481 e. The molecular formula is C17H30N2O2. The zero-order chi connectivity index (χ0) is 16.3. The second-order valence-corrected chi connectivity index (χ2v) is 7.74. The number of carboxylic acids is 1. The lowest BCUT2D eigenvalue weighted by molar-refractivity contribution is -0.150. The Hall–Kier alpha value is -1.08. The fourth-order valence-electron chi connectivity index (χ4n) is 3.40. The predicted octanol–water partition coefficient (Wildman–Crippen LogP) is 3.43. The van der Waals surface area contributed by atoms with Crippen LogP contribution in [0.5, 0.6) is 0 Å². The molecule has 120 valence electrons. The molecule has 0 bridgehead atoms. The molecule has 3 unspecified atom stereocenters. The molecule has 1 rings (SSSR count). The van der Waals surface area contributed by atoms with Crippen molar-refractivity contribution in [1.29, 1.82) is 5.26 Å². The van der Waals surface area contributed by atoms with E-state index in [1.165, 1.54) is 0 Å². The highest BCUT2D eigenvalue weighted by atomic mass is 16.4. The molecule has 1 fully saturated rings. The first-order valence-corrected chi connectivity index (χ1v) is 7.99. The Morgan fingerprint density at radius 3 is 2.57 bits per heavy atom. The van der Waals surface area contributed by atoms with Crippen LogP contribution in [0.1, 0.15) is 60.3 Å². The van der Waals surface area contributed by atoms with Crippen LogP contribution in [-0.2, 0) is 4.79 Å². The van der Waals surface area contributed by atoms with Gasteiger partial charge in [0.2, 0.25) is 0 Å². The molecule has 0 saturated heterocycles. The van der Waals surface area contributed by atoms with E-state index in [1.54, 1.807) is 0 Å². The lowest BCUT2D eigenvalue weighted by Gasteiger charge is -2.46. The van der Waals surface area contributed by atoms with E-state index in [-0.39, 0.29) is 16.7 Å². The largest absolute Gasteiger partial charge is 0.481 e. The number of hydrogen-bond donors (Lipinski definition) is 2. The third-order valence-electron chi connectivity index (χ3n) is 5.43. The molecule has 1 aliphatic carbocycles. The van der Waals surface area contributed by atoms with E-state index in [2.05, 4.69) is 32.2 Å². The van der Waals surface area contributed by atoms with Crippen LogP contribution in [0.4, 0.5) is 0 Å². The lowest BCUT2D eigenvalue weighted by atomic mass is 9.61. The minimum absolute atomic E-state index is 0.187. The molecule has 0 aromatic carbocycles. The first kappa shape index (κ1) is 18.0. The second kappa shape index (κ2) is 6.79. The molecule has 0 heterocycles. The van der Waals surface area contributed by atoms with Crippen molar-refractivity contribution in [3.8, 4) is 6.07 Å². The molecule has 3 atom stereocenters. The highest BCUT2D eigenvalue weighted by Gasteiger charge is 2.45.